The van der Waals surface area contributed by atoms with E-state index in [1.54, 1.807) is 11.8 Å². The third-order valence-corrected chi connectivity index (χ3v) is 2.97. The number of carboxylic acid groups (broad SMARTS) is 1. The number of benzene rings is 1. The maximum atomic E-state index is 11.3. The van der Waals surface area contributed by atoms with Gasteiger partial charge in [-0.2, -0.15) is 5.26 Å². The summed E-state index contributed by atoms with van der Waals surface area (Å²) >= 11 is 5.98. The molecule has 0 heterocycles. The highest BCUT2D eigenvalue weighted by molar-refractivity contribution is 6.34. The first-order valence-electron chi connectivity index (χ1n) is 5.75. The molecule has 106 valence electrons. The number of nitriles is 1. The van der Waals surface area contributed by atoms with Crippen LogP contribution < -0.4 is 4.90 Å². The van der Waals surface area contributed by atoms with Crippen LogP contribution in [0.15, 0.2) is 12.1 Å². The maximum Gasteiger partial charge on any atom is 0.338 e. The fourth-order valence-electron chi connectivity index (χ4n) is 1.79. The fourth-order valence-corrected chi connectivity index (χ4v) is 2.12. The minimum absolute atomic E-state index is 0.0172. The minimum Gasteiger partial charge on any atom is -0.478 e. The monoisotopic (exact) mass is 297 g/mol. The Hall–Kier alpha value is -2.33. The van der Waals surface area contributed by atoms with E-state index < -0.39 is 10.9 Å². The Morgan fingerprint density at radius 3 is 2.70 bits per heavy atom. The van der Waals surface area contributed by atoms with E-state index in [1.165, 1.54) is 0 Å². The number of non-ortho nitro benzene ring substituents is 1. The van der Waals surface area contributed by atoms with Gasteiger partial charge in [-0.25, -0.2) is 4.79 Å². The first-order chi connectivity index (χ1) is 9.42. The molecular weight excluding hydrogens is 286 g/mol. The topological polar surface area (TPSA) is 107 Å². The Morgan fingerprint density at radius 1 is 1.60 bits per heavy atom. The fraction of sp³-hybridized carbons (Fsp3) is 0.333. The molecule has 0 aliphatic rings. The summed E-state index contributed by atoms with van der Waals surface area (Å²) in [4.78, 5) is 22.9. The van der Waals surface area contributed by atoms with Crippen LogP contribution in [0.1, 0.15) is 23.7 Å². The van der Waals surface area contributed by atoms with Crippen LogP contribution in [0.25, 0.3) is 0 Å². The van der Waals surface area contributed by atoms with Gasteiger partial charge in [0.25, 0.3) is 5.69 Å². The van der Waals surface area contributed by atoms with Gasteiger partial charge in [-0.1, -0.05) is 11.6 Å². The van der Waals surface area contributed by atoms with Gasteiger partial charge in [0.1, 0.15) is 0 Å². The molecule has 0 aromatic heterocycles. The summed E-state index contributed by atoms with van der Waals surface area (Å²) in [6.45, 7) is 2.51. The quantitative estimate of drug-likeness (QED) is 0.639. The normalized spacial score (nSPS) is 9.85. The van der Waals surface area contributed by atoms with Gasteiger partial charge in [0.15, 0.2) is 0 Å². The van der Waals surface area contributed by atoms with Crippen LogP contribution in [0.5, 0.6) is 0 Å². The molecule has 0 atom stereocenters. The predicted molar refractivity (Wildman–Crippen MR) is 73.2 cm³/mol. The second-order valence-electron chi connectivity index (χ2n) is 3.87. The third-order valence-electron chi connectivity index (χ3n) is 2.68. The summed E-state index contributed by atoms with van der Waals surface area (Å²) in [5.74, 6) is -1.30. The number of hydrogen-bond acceptors (Lipinski definition) is 5. The van der Waals surface area contributed by atoms with Gasteiger partial charge in [-0.15, -0.1) is 0 Å². The van der Waals surface area contributed by atoms with Crippen LogP contribution in [-0.2, 0) is 0 Å². The van der Waals surface area contributed by atoms with Gasteiger partial charge in [-0.3, -0.25) is 10.1 Å². The lowest BCUT2D eigenvalue weighted by molar-refractivity contribution is -0.384. The molecule has 1 aromatic carbocycles. The van der Waals surface area contributed by atoms with Gasteiger partial charge in [0.2, 0.25) is 0 Å². The Kier molecular flexibility index (Phi) is 5.29. The van der Waals surface area contributed by atoms with E-state index in [2.05, 4.69) is 0 Å². The number of nitrogens with zero attached hydrogens (tertiary/aromatic N) is 3. The van der Waals surface area contributed by atoms with Crippen LogP contribution in [0.2, 0.25) is 5.02 Å². The van der Waals surface area contributed by atoms with E-state index in [4.69, 9.17) is 16.9 Å². The van der Waals surface area contributed by atoms with Gasteiger partial charge >= 0.3 is 5.97 Å². The highest BCUT2D eigenvalue weighted by Gasteiger charge is 2.23. The number of nitro groups is 1. The molecule has 0 fully saturated rings. The molecule has 0 unspecified atom stereocenters. The van der Waals surface area contributed by atoms with Gasteiger partial charge in [0.05, 0.1) is 33.7 Å². The molecule has 0 saturated heterocycles. The lowest BCUT2D eigenvalue weighted by Crippen LogP contribution is -2.26. The number of anilines is 1. The zero-order valence-electron chi connectivity index (χ0n) is 10.7. The molecule has 1 aromatic rings. The lowest BCUT2D eigenvalue weighted by Gasteiger charge is -2.24. The van der Waals surface area contributed by atoms with Crippen molar-refractivity contribution < 1.29 is 14.8 Å². The summed E-state index contributed by atoms with van der Waals surface area (Å²) in [5.41, 5.74) is -0.431. The smallest absolute Gasteiger partial charge is 0.338 e. The first kappa shape index (κ1) is 15.7. The molecule has 0 aliphatic heterocycles. The highest BCUT2D eigenvalue weighted by atomic mass is 35.5. The molecule has 8 heteroatoms. The predicted octanol–water partition coefficient (Wildman–Crippen LogP) is 2.69. The molecule has 1 rings (SSSR count). The number of hydrogen-bond donors (Lipinski definition) is 1. The third kappa shape index (κ3) is 3.36. The molecule has 1 N–H and O–H groups in total. The summed E-state index contributed by atoms with van der Waals surface area (Å²) < 4.78 is 0. The van der Waals surface area contributed by atoms with Crippen LogP contribution in [0.4, 0.5) is 11.4 Å². The van der Waals surface area contributed by atoms with E-state index in [-0.39, 0.29) is 28.4 Å². The Morgan fingerprint density at radius 2 is 2.25 bits per heavy atom. The SMILES string of the molecule is CCN(CCC#N)c1c(Cl)cc([N+](=O)[O-])cc1C(=O)O. The van der Waals surface area contributed by atoms with E-state index in [1.807, 2.05) is 6.07 Å². The van der Waals surface area contributed by atoms with Gasteiger partial charge < -0.3 is 10.0 Å². The molecule has 0 saturated carbocycles. The van der Waals surface area contributed by atoms with Gasteiger partial charge in [-0.05, 0) is 6.92 Å². The summed E-state index contributed by atoms with van der Waals surface area (Å²) in [6.07, 6.45) is 0.195. The van der Waals surface area contributed by atoms with E-state index in [0.717, 1.165) is 12.1 Å². The number of aromatic carboxylic acids is 1. The molecule has 7 nitrogen and oxygen atoms in total. The van der Waals surface area contributed by atoms with E-state index in [0.29, 0.717) is 13.1 Å². The Bertz CT molecular complexity index is 583. The van der Waals surface area contributed by atoms with Crippen molar-refractivity contribution in [3.63, 3.8) is 0 Å². The summed E-state index contributed by atoms with van der Waals surface area (Å²) in [7, 11) is 0. The molecule has 0 aliphatic carbocycles. The second-order valence-corrected chi connectivity index (χ2v) is 4.28. The van der Waals surface area contributed by atoms with Crippen molar-refractivity contribution in [1.82, 2.24) is 0 Å². The van der Waals surface area contributed by atoms with Crippen molar-refractivity contribution in [1.29, 1.82) is 5.26 Å². The lowest BCUT2D eigenvalue weighted by atomic mass is 10.1. The van der Waals surface area contributed by atoms with Crippen LogP contribution in [0.3, 0.4) is 0 Å². The molecule has 0 radical (unpaired) electrons. The second kappa shape index (κ2) is 6.73. The van der Waals surface area contributed by atoms with Crippen molar-refractivity contribution in [3.05, 3.63) is 32.8 Å². The van der Waals surface area contributed by atoms with Crippen LogP contribution in [-0.4, -0.2) is 29.1 Å². The van der Waals surface area contributed by atoms with Crippen LogP contribution >= 0.6 is 11.6 Å². The zero-order chi connectivity index (χ0) is 15.3. The summed E-state index contributed by atoms with van der Waals surface area (Å²) in [6, 6.07) is 4.04. The maximum absolute atomic E-state index is 11.3. The van der Waals surface area contributed by atoms with Gasteiger partial charge in [0, 0.05) is 25.2 Å². The Labute approximate surface area is 120 Å². The molecular formula is C12H12ClN3O4. The average Bonchev–Trinajstić information content (AvgIpc) is 2.39. The number of rotatable bonds is 6. The number of carboxylic acids is 1. The molecule has 0 bridgehead atoms. The van der Waals surface area contributed by atoms with Crippen molar-refractivity contribution in [2.75, 3.05) is 18.0 Å². The standard InChI is InChI=1S/C12H12ClN3O4/c1-2-15(5-3-4-14)11-9(12(17)18)6-8(16(19)20)7-10(11)13/h6-7H,2-3,5H2,1H3,(H,17,18). The Balaban J connectivity index is 3.40. The minimum atomic E-state index is -1.30. The molecule has 20 heavy (non-hydrogen) atoms. The van der Waals surface area contributed by atoms with E-state index in [9.17, 15) is 20.0 Å². The molecule has 0 amide bonds. The number of nitro benzene ring substituents is 1. The molecule has 0 spiro atoms. The average molecular weight is 298 g/mol. The largest absolute Gasteiger partial charge is 0.478 e. The number of halogens is 1. The van der Waals surface area contributed by atoms with Crippen molar-refractivity contribution in [2.45, 2.75) is 13.3 Å². The van der Waals surface area contributed by atoms with Crippen LogP contribution in [0, 0.1) is 21.4 Å². The first-order valence-corrected chi connectivity index (χ1v) is 6.13. The highest BCUT2D eigenvalue weighted by Crippen LogP contribution is 2.34. The zero-order valence-corrected chi connectivity index (χ0v) is 11.4. The van der Waals surface area contributed by atoms with Crippen molar-refractivity contribution in [2.24, 2.45) is 0 Å². The van der Waals surface area contributed by atoms with Crippen molar-refractivity contribution in [3.8, 4) is 6.07 Å². The number of carbonyl (C=O) groups is 1. The van der Waals surface area contributed by atoms with Crippen molar-refractivity contribution >= 4 is 28.9 Å². The summed E-state index contributed by atoms with van der Waals surface area (Å²) in [5, 5.41) is 28.5. The van der Waals surface area contributed by atoms with E-state index >= 15 is 0 Å².